The third kappa shape index (κ3) is 3.21. The number of imidazole rings is 1. The molecule has 8 nitrogen and oxygen atoms in total. The summed E-state index contributed by atoms with van der Waals surface area (Å²) < 4.78 is 27.0. The molecule has 0 atom stereocenters. The van der Waals surface area contributed by atoms with Gasteiger partial charge in [-0.3, -0.25) is 0 Å². The molecule has 0 spiro atoms. The number of benzene rings is 2. The molecule has 2 aromatic carbocycles. The van der Waals surface area contributed by atoms with Crippen LogP contribution in [0.5, 0.6) is 0 Å². The molecular weight excluding hydrogens is 400 g/mol. The second kappa shape index (κ2) is 7.19. The van der Waals surface area contributed by atoms with E-state index in [4.69, 9.17) is 5.73 Å². The lowest BCUT2D eigenvalue weighted by atomic mass is 10.1. The van der Waals surface area contributed by atoms with Gasteiger partial charge >= 0.3 is 0 Å². The zero-order valence-corrected chi connectivity index (χ0v) is 16.9. The van der Waals surface area contributed by atoms with Crippen LogP contribution in [0.3, 0.4) is 0 Å². The number of nitrogens with zero attached hydrogens (tertiary/aromatic N) is 4. The first-order chi connectivity index (χ1) is 14.5. The van der Waals surface area contributed by atoms with E-state index < -0.39 is 10.0 Å². The number of para-hydroxylation sites is 2. The standard InChI is InChI=1S/C21H20N6O2S/c22-20-19(21-25-16-5-1-2-6-17(16)26-21)24-18(13-23-20)14-7-9-15(10-8-14)30(28,29)27-11-3-4-12-27/h1-2,5-10,13H,3-4,11-12H2,(H2,22,23)(H,25,26). The van der Waals surface area contributed by atoms with Crippen LogP contribution in [0.2, 0.25) is 0 Å². The predicted molar refractivity (Wildman–Crippen MR) is 115 cm³/mol. The number of nitrogens with one attached hydrogen (secondary N) is 1. The first-order valence-electron chi connectivity index (χ1n) is 9.70. The van der Waals surface area contributed by atoms with Gasteiger partial charge in [0.25, 0.3) is 0 Å². The molecule has 1 aliphatic rings. The van der Waals surface area contributed by atoms with E-state index in [1.807, 2.05) is 24.3 Å². The molecule has 0 radical (unpaired) electrons. The summed E-state index contributed by atoms with van der Waals surface area (Å²) in [6, 6.07) is 14.4. The maximum absolute atomic E-state index is 12.7. The lowest BCUT2D eigenvalue weighted by Crippen LogP contribution is -2.27. The smallest absolute Gasteiger partial charge is 0.243 e. The SMILES string of the molecule is Nc1ncc(-c2ccc(S(=O)(=O)N3CCCC3)cc2)nc1-c1nc2ccccc2[nH]1. The minimum atomic E-state index is -3.45. The van der Waals surface area contributed by atoms with Crippen molar-refractivity contribution in [3.05, 3.63) is 54.7 Å². The molecule has 152 valence electrons. The largest absolute Gasteiger partial charge is 0.382 e. The van der Waals surface area contributed by atoms with Gasteiger partial charge in [0.2, 0.25) is 10.0 Å². The van der Waals surface area contributed by atoms with Gasteiger partial charge in [-0.2, -0.15) is 4.31 Å². The molecule has 1 saturated heterocycles. The van der Waals surface area contributed by atoms with Crippen molar-refractivity contribution in [2.75, 3.05) is 18.8 Å². The predicted octanol–water partition coefficient (Wildman–Crippen LogP) is 3.05. The summed E-state index contributed by atoms with van der Waals surface area (Å²) in [5.74, 6) is 0.808. The van der Waals surface area contributed by atoms with Crippen LogP contribution in [0.25, 0.3) is 33.8 Å². The topological polar surface area (TPSA) is 118 Å². The van der Waals surface area contributed by atoms with Gasteiger partial charge in [-0.1, -0.05) is 24.3 Å². The van der Waals surface area contributed by atoms with Crippen molar-refractivity contribution in [1.29, 1.82) is 0 Å². The zero-order valence-electron chi connectivity index (χ0n) is 16.1. The normalized spacial score (nSPS) is 15.1. The summed E-state index contributed by atoms with van der Waals surface area (Å²) in [4.78, 5) is 16.9. The van der Waals surface area contributed by atoms with Crippen molar-refractivity contribution in [2.45, 2.75) is 17.7 Å². The van der Waals surface area contributed by atoms with Crippen LogP contribution in [0.4, 0.5) is 5.82 Å². The summed E-state index contributed by atoms with van der Waals surface area (Å²) in [6.45, 7) is 1.16. The number of rotatable bonds is 4. The molecule has 3 N–H and O–H groups in total. The first-order valence-corrected chi connectivity index (χ1v) is 11.1. The van der Waals surface area contributed by atoms with Crippen LogP contribution < -0.4 is 5.73 Å². The Morgan fingerprint density at radius 1 is 0.967 bits per heavy atom. The Hall–Kier alpha value is -3.30. The van der Waals surface area contributed by atoms with Crippen LogP contribution in [0, 0.1) is 0 Å². The molecular formula is C21H20N6O2S. The lowest BCUT2D eigenvalue weighted by molar-refractivity contribution is 0.477. The van der Waals surface area contributed by atoms with Crippen molar-refractivity contribution >= 4 is 26.9 Å². The monoisotopic (exact) mass is 420 g/mol. The Morgan fingerprint density at radius 3 is 2.43 bits per heavy atom. The van der Waals surface area contributed by atoms with Crippen LogP contribution in [-0.4, -0.2) is 45.7 Å². The Labute approximate surface area is 173 Å². The molecule has 9 heteroatoms. The van der Waals surface area contributed by atoms with Gasteiger partial charge in [0.05, 0.1) is 27.8 Å². The summed E-state index contributed by atoms with van der Waals surface area (Å²) in [5.41, 5.74) is 9.55. The lowest BCUT2D eigenvalue weighted by Gasteiger charge is -2.15. The van der Waals surface area contributed by atoms with Crippen molar-refractivity contribution in [3.63, 3.8) is 0 Å². The van der Waals surface area contributed by atoms with Crippen LogP contribution >= 0.6 is 0 Å². The molecule has 0 saturated carbocycles. The molecule has 1 fully saturated rings. The zero-order chi connectivity index (χ0) is 20.7. The fourth-order valence-corrected chi connectivity index (χ4v) is 5.17. The van der Waals surface area contributed by atoms with E-state index in [-0.39, 0.29) is 10.7 Å². The number of anilines is 1. The van der Waals surface area contributed by atoms with Crippen LogP contribution in [0.15, 0.2) is 59.6 Å². The minimum Gasteiger partial charge on any atom is -0.382 e. The van der Waals surface area contributed by atoms with Crippen LogP contribution in [-0.2, 0) is 10.0 Å². The van der Waals surface area contributed by atoms with E-state index in [2.05, 4.69) is 19.9 Å². The molecule has 0 unspecified atom stereocenters. The molecule has 2 aromatic heterocycles. The van der Waals surface area contributed by atoms with E-state index in [9.17, 15) is 8.42 Å². The molecule has 4 aromatic rings. The third-order valence-electron chi connectivity index (χ3n) is 5.27. The number of aromatic amines is 1. The van der Waals surface area contributed by atoms with Crippen molar-refractivity contribution < 1.29 is 8.42 Å². The average molecular weight is 420 g/mol. The van der Waals surface area contributed by atoms with Gasteiger partial charge in [-0.05, 0) is 37.1 Å². The molecule has 3 heterocycles. The highest BCUT2D eigenvalue weighted by Crippen LogP contribution is 2.27. The quantitative estimate of drug-likeness (QED) is 0.524. The van der Waals surface area contributed by atoms with E-state index in [1.54, 1.807) is 30.5 Å². The number of H-pyrrole nitrogens is 1. The third-order valence-corrected chi connectivity index (χ3v) is 7.18. The summed E-state index contributed by atoms with van der Waals surface area (Å²) in [6.07, 6.45) is 3.39. The molecule has 0 aliphatic carbocycles. The van der Waals surface area contributed by atoms with Gasteiger partial charge < -0.3 is 10.7 Å². The summed E-state index contributed by atoms with van der Waals surface area (Å²) in [7, 11) is -3.45. The second-order valence-electron chi connectivity index (χ2n) is 7.23. The second-order valence-corrected chi connectivity index (χ2v) is 9.17. The first kappa shape index (κ1) is 18.7. The maximum Gasteiger partial charge on any atom is 0.243 e. The highest BCUT2D eigenvalue weighted by molar-refractivity contribution is 7.89. The number of sulfonamides is 1. The minimum absolute atomic E-state index is 0.269. The van der Waals surface area contributed by atoms with Gasteiger partial charge in [-0.25, -0.2) is 23.4 Å². The molecule has 1 aliphatic heterocycles. The summed E-state index contributed by atoms with van der Waals surface area (Å²) >= 11 is 0. The number of aromatic nitrogens is 4. The number of nitrogen functional groups attached to an aromatic ring is 1. The average Bonchev–Trinajstić information content (AvgIpc) is 3.44. The molecule has 5 rings (SSSR count). The Kier molecular flexibility index (Phi) is 4.48. The van der Waals surface area contributed by atoms with Gasteiger partial charge in [0.1, 0.15) is 5.69 Å². The Bertz CT molecular complexity index is 1290. The molecule has 30 heavy (non-hydrogen) atoms. The molecule has 0 bridgehead atoms. The highest BCUT2D eigenvalue weighted by Gasteiger charge is 2.27. The van der Waals surface area contributed by atoms with Crippen molar-refractivity contribution in [2.24, 2.45) is 0 Å². The molecule has 0 amide bonds. The van der Waals surface area contributed by atoms with Crippen molar-refractivity contribution in [1.82, 2.24) is 24.2 Å². The number of hydrogen-bond donors (Lipinski definition) is 2. The van der Waals surface area contributed by atoms with E-state index in [1.165, 1.54) is 4.31 Å². The van der Waals surface area contributed by atoms with Gasteiger partial charge in [-0.15, -0.1) is 0 Å². The van der Waals surface area contributed by atoms with Crippen molar-refractivity contribution in [3.8, 4) is 22.8 Å². The highest BCUT2D eigenvalue weighted by atomic mass is 32.2. The number of hydrogen-bond acceptors (Lipinski definition) is 6. The van der Waals surface area contributed by atoms with E-state index >= 15 is 0 Å². The summed E-state index contributed by atoms with van der Waals surface area (Å²) in [5, 5.41) is 0. The van der Waals surface area contributed by atoms with E-state index in [0.29, 0.717) is 30.3 Å². The Balaban J connectivity index is 1.49. The van der Waals surface area contributed by atoms with Gasteiger partial charge in [0.15, 0.2) is 11.6 Å². The Morgan fingerprint density at radius 2 is 1.70 bits per heavy atom. The fourth-order valence-electron chi connectivity index (χ4n) is 3.65. The fraction of sp³-hybridized carbons (Fsp3) is 0.190. The number of fused-ring (bicyclic) bond motifs is 1. The van der Waals surface area contributed by atoms with Gasteiger partial charge in [0, 0.05) is 18.7 Å². The van der Waals surface area contributed by atoms with E-state index in [0.717, 1.165) is 29.4 Å². The number of nitrogens with two attached hydrogens (primary N) is 1. The maximum atomic E-state index is 12.7. The van der Waals surface area contributed by atoms with Crippen LogP contribution in [0.1, 0.15) is 12.8 Å².